The first-order valence-electron chi connectivity index (χ1n) is 7.76. The maximum Gasteiger partial charge on any atom is 0.221 e. The molecule has 2 N–H and O–H groups in total. The summed E-state index contributed by atoms with van der Waals surface area (Å²) in [6, 6.07) is 10.7. The second-order valence-corrected chi connectivity index (χ2v) is 5.35. The SMILES string of the molecule is CCCC[C@H](C)NC(=O)CCNCCc1ccccc1. The van der Waals surface area contributed by atoms with Crippen LogP contribution in [-0.2, 0) is 11.2 Å². The molecule has 0 saturated heterocycles. The molecule has 3 heteroatoms. The van der Waals surface area contributed by atoms with E-state index < -0.39 is 0 Å². The third-order valence-corrected chi connectivity index (χ3v) is 3.36. The number of unbranched alkanes of at least 4 members (excludes halogenated alkanes) is 1. The van der Waals surface area contributed by atoms with E-state index in [1.165, 1.54) is 18.4 Å². The van der Waals surface area contributed by atoms with Crippen molar-refractivity contribution in [2.45, 2.75) is 52.0 Å². The maximum atomic E-state index is 11.7. The number of carbonyl (C=O) groups is 1. The molecule has 0 aliphatic heterocycles. The van der Waals surface area contributed by atoms with E-state index in [1.54, 1.807) is 0 Å². The van der Waals surface area contributed by atoms with Gasteiger partial charge < -0.3 is 10.6 Å². The predicted molar refractivity (Wildman–Crippen MR) is 84.8 cm³/mol. The summed E-state index contributed by atoms with van der Waals surface area (Å²) in [5.74, 6) is 0.154. The number of rotatable bonds is 10. The second-order valence-electron chi connectivity index (χ2n) is 5.35. The fraction of sp³-hybridized carbons (Fsp3) is 0.588. The average Bonchev–Trinajstić information content (AvgIpc) is 2.46. The average molecular weight is 276 g/mol. The Balaban J connectivity index is 2.02. The lowest BCUT2D eigenvalue weighted by Crippen LogP contribution is -2.34. The quantitative estimate of drug-likeness (QED) is 0.645. The first-order chi connectivity index (χ1) is 9.72. The van der Waals surface area contributed by atoms with Crippen molar-refractivity contribution in [2.75, 3.05) is 13.1 Å². The molecule has 0 aliphatic rings. The van der Waals surface area contributed by atoms with Crippen LogP contribution < -0.4 is 10.6 Å². The monoisotopic (exact) mass is 276 g/mol. The van der Waals surface area contributed by atoms with Gasteiger partial charge in [-0.05, 0) is 31.9 Å². The van der Waals surface area contributed by atoms with Gasteiger partial charge in [-0.25, -0.2) is 0 Å². The van der Waals surface area contributed by atoms with Crippen molar-refractivity contribution in [3.8, 4) is 0 Å². The highest BCUT2D eigenvalue weighted by Crippen LogP contribution is 2.00. The summed E-state index contributed by atoms with van der Waals surface area (Å²) < 4.78 is 0. The Morgan fingerprint density at radius 1 is 1.20 bits per heavy atom. The van der Waals surface area contributed by atoms with E-state index in [9.17, 15) is 4.79 Å². The van der Waals surface area contributed by atoms with Crippen molar-refractivity contribution in [3.63, 3.8) is 0 Å². The van der Waals surface area contributed by atoms with Crippen LogP contribution in [0.4, 0.5) is 0 Å². The largest absolute Gasteiger partial charge is 0.354 e. The lowest BCUT2D eigenvalue weighted by Gasteiger charge is -2.13. The molecule has 0 aromatic heterocycles. The molecule has 1 atom stereocenters. The van der Waals surface area contributed by atoms with E-state index in [0.29, 0.717) is 12.5 Å². The van der Waals surface area contributed by atoms with Crippen LogP contribution in [0.3, 0.4) is 0 Å². The van der Waals surface area contributed by atoms with Crippen LogP contribution in [-0.4, -0.2) is 25.0 Å². The van der Waals surface area contributed by atoms with Crippen molar-refractivity contribution in [1.29, 1.82) is 0 Å². The lowest BCUT2D eigenvalue weighted by atomic mass is 10.1. The Hall–Kier alpha value is -1.35. The number of carbonyl (C=O) groups excluding carboxylic acids is 1. The topological polar surface area (TPSA) is 41.1 Å². The summed E-state index contributed by atoms with van der Waals surface area (Å²) in [4.78, 5) is 11.7. The van der Waals surface area contributed by atoms with Gasteiger partial charge in [0.15, 0.2) is 0 Å². The standard InChI is InChI=1S/C17H28N2O/c1-3-4-8-15(2)19-17(20)12-14-18-13-11-16-9-6-5-7-10-16/h5-7,9-10,15,18H,3-4,8,11-14H2,1-2H3,(H,19,20)/t15-/m0/s1. The van der Waals surface area contributed by atoms with Crippen molar-refractivity contribution in [3.05, 3.63) is 35.9 Å². The minimum absolute atomic E-state index is 0.154. The first-order valence-corrected chi connectivity index (χ1v) is 7.76. The molecule has 0 radical (unpaired) electrons. The Bertz CT molecular complexity index is 365. The summed E-state index contributed by atoms with van der Waals surface area (Å²) in [5.41, 5.74) is 1.33. The summed E-state index contributed by atoms with van der Waals surface area (Å²) in [7, 11) is 0. The Labute approximate surface area is 123 Å². The van der Waals surface area contributed by atoms with Crippen molar-refractivity contribution in [2.24, 2.45) is 0 Å². The molecule has 0 spiro atoms. The predicted octanol–water partition coefficient (Wildman–Crippen LogP) is 2.90. The fourth-order valence-corrected chi connectivity index (χ4v) is 2.13. The molecule has 0 unspecified atom stereocenters. The molecule has 1 aromatic carbocycles. The zero-order valence-electron chi connectivity index (χ0n) is 12.8. The zero-order valence-corrected chi connectivity index (χ0v) is 12.8. The minimum atomic E-state index is 0.154. The molecule has 20 heavy (non-hydrogen) atoms. The normalized spacial score (nSPS) is 12.1. The maximum absolute atomic E-state index is 11.7. The van der Waals surface area contributed by atoms with E-state index in [4.69, 9.17) is 0 Å². The molecule has 0 fully saturated rings. The van der Waals surface area contributed by atoms with E-state index in [-0.39, 0.29) is 5.91 Å². The lowest BCUT2D eigenvalue weighted by molar-refractivity contribution is -0.121. The Morgan fingerprint density at radius 2 is 1.95 bits per heavy atom. The van der Waals surface area contributed by atoms with Gasteiger partial charge in [0.05, 0.1) is 0 Å². The van der Waals surface area contributed by atoms with Gasteiger partial charge in [-0.15, -0.1) is 0 Å². The second kappa shape index (κ2) is 10.4. The van der Waals surface area contributed by atoms with Gasteiger partial charge in [-0.2, -0.15) is 0 Å². The van der Waals surface area contributed by atoms with E-state index in [2.05, 4.69) is 48.7 Å². The van der Waals surface area contributed by atoms with Gasteiger partial charge in [0.25, 0.3) is 0 Å². The van der Waals surface area contributed by atoms with E-state index in [1.807, 2.05) is 6.07 Å². The van der Waals surface area contributed by atoms with Crippen LogP contribution in [0.1, 0.15) is 45.1 Å². The molecule has 1 amide bonds. The number of hydrogen-bond donors (Lipinski definition) is 2. The highest BCUT2D eigenvalue weighted by Gasteiger charge is 2.06. The van der Waals surface area contributed by atoms with Crippen LogP contribution in [0.2, 0.25) is 0 Å². The van der Waals surface area contributed by atoms with E-state index in [0.717, 1.165) is 25.9 Å². The van der Waals surface area contributed by atoms with Gasteiger partial charge in [-0.3, -0.25) is 4.79 Å². The highest BCUT2D eigenvalue weighted by atomic mass is 16.1. The van der Waals surface area contributed by atoms with Crippen molar-refractivity contribution < 1.29 is 4.79 Å². The molecular formula is C17H28N2O. The highest BCUT2D eigenvalue weighted by molar-refractivity contribution is 5.76. The molecule has 0 heterocycles. The molecule has 0 aliphatic carbocycles. The van der Waals surface area contributed by atoms with Crippen LogP contribution >= 0.6 is 0 Å². The molecule has 0 bridgehead atoms. The minimum Gasteiger partial charge on any atom is -0.354 e. The summed E-state index contributed by atoms with van der Waals surface area (Å²) in [6.45, 7) is 5.92. The van der Waals surface area contributed by atoms with Crippen LogP contribution in [0, 0.1) is 0 Å². The van der Waals surface area contributed by atoms with Gasteiger partial charge in [-0.1, -0.05) is 50.1 Å². The zero-order chi connectivity index (χ0) is 14.6. The summed E-state index contributed by atoms with van der Waals surface area (Å²) in [5, 5.41) is 6.36. The summed E-state index contributed by atoms with van der Waals surface area (Å²) >= 11 is 0. The van der Waals surface area contributed by atoms with E-state index >= 15 is 0 Å². The van der Waals surface area contributed by atoms with Gasteiger partial charge in [0.2, 0.25) is 5.91 Å². The number of hydrogen-bond acceptors (Lipinski definition) is 2. The Morgan fingerprint density at radius 3 is 2.65 bits per heavy atom. The van der Waals surface area contributed by atoms with Gasteiger partial charge in [0, 0.05) is 19.0 Å². The third kappa shape index (κ3) is 7.95. The fourth-order valence-electron chi connectivity index (χ4n) is 2.13. The van der Waals surface area contributed by atoms with Gasteiger partial charge >= 0.3 is 0 Å². The summed E-state index contributed by atoms with van der Waals surface area (Å²) in [6.07, 6.45) is 5.00. The molecular weight excluding hydrogens is 248 g/mol. The smallest absolute Gasteiger partial charge is 0.221 e. The molecule has 3 nitrogen and oxygen atoms in total. The molecule has 0 saturated carbocycles. The molecule has 112 valence electrons. The third-order valence-electron chi connectivity index (χ3n) is 3.36. The van der Waals surface area contributed by atoms with Crippen LogP contribution in [0.25, 0.3) is 0 Å². The number of nitrogens with one attached hydrogen (secondary N) is 2. The van der Waals surface area contributed by atoms with Crippen molar-refractivity contribution >= 4 is 5.91 Å². The molecule has 1 aromatic rings. The van der Waals surface area contributed by atoms with Crippen LogP contribution in [0.15, 0.2) is 30.3 Å². The molecule has 1 rings (SSSR count). The van der Waals surface area contributed by atoms with Crippen molar-refractivity contribution in [1.82, 2.24) is 10.6 Å². The van der Waals surface area contributed by atoms with Crippen LogP contribution in [0.5, 0.6) is 0 Å². The number of benzene rings is 1. The first kappa shape index (κ1) is 16.7. The Kier molecular flexibility index (Phi) is 8.72. The number of amides is 1. The van der Waals surface area contributed by atoms with Gasteiger partial charge in [0.1, 0.15) is 0 Å².